The molecule has 0 atom stereocenters. The Morgan fingerprint density at radius 1 is 1.33 bits per heavy atom. The number of hydrogen-bond acceptors (Lipinski definition) is 5. The summed E-state index contributed by atoms with van der Waals surface area (Å²) in [6.45, 7) is 4.07. The number of aryl methyl sites for hydroxylation is 1. The number of fused-ring (bicyclic) bond motifs is 1. The highest BCUT2D eigenvalue weighted by molar-refractivity contribution is 9.10. The lowest BCUT2D eigenvalue weighted by molar-refractivity contribution is 0.311. The molecular weight excluding hydrogens is 434 g/mol. The van der Waals surface area contributed by atoms with Crippen LogP contribution in [0, 0.1) is 6.92 Å². The van der Waals surface area contributed by atoms with Crippen LogP contribution in [0.2, 0.25) is 5.02 Å². The summed E-state index contributed by atoms with van der Waals surface area (Å²) in [5.41, 5.74) is 1.04. The average molecular weight is 451 g/mol. The van der Waals surface area contributed by atoms with E-state index in [0.717, 1.165) is 4.47 Å². The van der Waals surface area contributed by atoms with Gasteiger partial charge in [0.15, 0.2) is 11.5 Å². The Hall–Kier alpha value is -2.38. The van der Waals surface area contributed by atoms with Crippen LogP contribution in [0.25, 0.3) is 10.9 Å². The molecule has 27 heavy (non-hydrogen) atoms. The van der Waals surface area contributed by atoms with Crippen LogP contribution in [0.5, 0.6) is 11.5 Å². The van der Waals surface area contributed by atoms with Crippen LogP contribution in [0.3, 0.4) is 0 Å². The van der Waals surface area contributed by atoms with Gasteiger partial charge in [-0.3, -0.25) is 4.79 Å². The maximum atomic E-state index is 12.8. The molecule has 0 aliphatic carbocycles. The molecule has 6 nitrogen and oxygen atoms in total. The van der Waals surface area contributed by atoms with Crippen LogP contribution in [-0.4, -0.2) is 29.6 Å². The number of nitrogens with zero attached hydrogens (tertiary/aromatic N) is 3. The highest BCUT2D eigenvalue weighted by Gasteiger charge is 2.11. The van der Waals surface area contributed by atoms with Gasteiger partial charge in [-0.05, 0) is 49.7 Å². The third-order valence-corrected chi connectivity index (χ3v) is 4.60. The van der Waals surface area contributed by atoms with Crippen molar-refractivity contribution in [2.45, 2.75) is 13.8 Å². The van der Waals surface area contributed by atoms with Crippen molar-refractivity contribution in [1.82, 2.24) is 9.66 Å². The number of benzene rings is 2. The maximum Gasteiger partial charge on any atom is 0.282 e. The molecule has 0 saturated carbocycles. The molecule has 0 bridgehead atoms. The lowest BCUT2D eigenvalue weighted by Gasteiger charge is -2.11. The third kappa shape index (κ3) is 3.99. The van der Waals surface area contributed by atoms with Gasteiger partial charge in [-0.2, -0.15) is 9.78 Å². The number of methoxy groups -OCH3 is 1. The highest BCUT2D eigenvalue weighted by Crippen LogP contribution is 2.35. The molecule has 0 saturated heterocycles. The zero-order valence-electron chi connectivity index (χ0n) is 15.0. The molecule has 0 N–H and O–H groups in total. The van der Waals surface area contributed by atoms with E-state index < -0.39 is 0 Å². The second-order valence-electron chi connectivity index (χ2n) is 5.65. The second kappa shape index (κ2) is 8.10. The first-order chi connectivity index (χ1) is 12.9. The van der Waals surface area contributed by atoms with Crippen molar-refractivity contribution in [3.8, 4) is 11.5 Å². The minimum absolute atomic E-state index is 0.250. The number of hydrogen-bond donors (Lipinski definition) is 0. The second-order valence-corrected chi connectivity index (χ2v) is 6.97. The first kappa shape index (κ1) is 19.4. The smallest absolute Gasteiger partial charge is 0.282 e. The van der Waals surface area contributed by atoms with E-state index in [2.05, 4.69) is 26.0 Å². The Balaban J connectivity index is 2.07. The van der Waals surface area contributed by atoms with Gasteiger partial charge in [-0.15, -0.1) is 0 Å². The van der Waals surface area contributed by atoms with Gasteiger partial charge < -0.3 is 9.47 Å². The van der Waals surface area contributed by atoms with E-state index in [-0.39, 0.29) is 5.56 Å². The SMILES string of the molecule is CCOc1cc(C=Nn2c(C)nc3ccc(Br)cc3c2=O)cc(Cl)c1OC. The van der Waals surface area contributed by atoms with Gasteiger partial charge in [0.1, 0.15) is 5.82 Å². The van der Waals surface area contributed by atoms with Crippen molar-refractivity contribution in [1.29, 1.82) is 0 Å². The largest absolute Gasteiger partial charge is 0.491 e. The van der Waals surface area contributed by atoms with Crippen LogP contribution >= 0.6 is 27.5 Å². The molecule has 1 heterocycles. The van der Waals surface area contributed by atoms with E-state index in [1.807, 2.05) is 13.0 Å². The molecule has 2 aromatic carbocycles. The van der Waals surface area contributed by atoms with E-state index in [9.17, 15) is 4.79 Å². The molecule has 0 aliphatic heterocycles. The van der Waals surface area contributed by atoms with E-state index in [4.69, 9.17) is 21.1 Å². The third-order valence-electron chi connectivity index (χ3n) is 3.83. The van der Waals surface area contributed by atoms with Gasteiger partial charge >= 0.3 is 0 Å². The lowest BCUT2D eigenvalue weighted by Crippen LogP contribution is -2.20. The molecule has 0 unspecified atom stereocenters. The summed E-state index contributed by atoms with van der Waals surface area (Å²) < 4.78 is 12.9. The lowest BCUT2D eigenvalue weighted by atomic mass is 10.2. The van der Waals surface area contributed by atoms with Gasteiger partial charge in [-0.1, -0.05) is 27.5 Å². The predicted molar refractivity (Wildman–Crippen MR) is 111 cm³/mol. The highest BCUT2D eigenvalue weighted by atomic mass is 79.9. The predicted octanol–water partition coefficient (Wildman–Crippen LogP) is 4.41. The standard InChI is InChI=1S/C19H17BrClN3O3/c1-4-27-17-8-12(7-15(21)18(17)26-3)10-22-24-11(2)23-16-6-5-13(20)9-14(16)19(24)25/h5-10H,4H2,1-3H3. The first-order valence-corrected chi connectivity index (χ1v) is 9.35. The topological polar surface area (TPSA) is 65.7 Å². The molecule has 0 spiro atoms. The normalized spacial score (nSPS) is 11.3. The molecule has 0 amide bonds. The number of halogens is 2. The van der Waals surface area contributed by atoms with Gasteiger partial charge in [0, 0.05) is 4.47 Å². The maximum absolute atomic E-state index is 12.8. The average Bonchev–Trinajstić information content (AvgIpc) is 2.62. The minimum Gasteiger partial charge on any atom is -0.491 e. The van der Waals surface area contributed by atoms with E-state index >= 15 is 0 Å². The number of aromatic nitrogens is 2. The van der Waals surface area contributed by atoms with Crippen molar-refractivity contribution >= 4 is 44.6 Å². The fourth-order valence-corrected chi connectivity index (χ4v) is 3.30. The van der Waals surface area contributed by atoms with E-state index in [1.165, 1.54) is 18.0 Å². The molecule has 140 valence electrons. The summed E-state index contributed by atoms with van der Waals surface area (Å²) in [6.07, 6.45) is 1.54. The fraction of sp³-hybridized carbons (Fsp3) is 0.211. The van der Waals surface area contributed by atoms with Crippen molar-refractivity contribution in [2.24, 2.45) is 5.10 Å². The van der Waals surface area contributed by atoms with Gasteiger partial charge in [-0.25, -0.2) is 4.98 Å². The fourth-order valence-electron chi connectivity index (χ4n) is 2.64. The molecule has 0 aliphatic rings. The van der Waals surface area contributed by atoms with Gasteiger partial charge in [0.2, 0.25) is 0 Å². The van der Waals surface area contributed by atoms with E-state index in [1.54, 1.807) is 31.2 Å². The molecule has 3 rings (SSSR count). The zero-order chi connectivity index (χ0) is 19.6. The summed E-state index contributed by atoms with van der Waals surface area (Å²) in [5, 5.41) is 5.18. The van der Waals surface area contributed by atoms with Crippen molar-refractivity contribution in [3.05, 3.63) is 61.6 Å². The number of ether oxygens (including phenoxy) is 2. The van der Waals surface area contributed by atoms with Crippen molar-refractivity contribution in [3.63, 3.8) is 0 Å². The molecule has 3 aromatic rings. The Kier molecular flexibility index (Phi) is 5.82. The quantitative estimate of drug-likeness (QED) is 0.540. The van der Waals surface area contributed by atoms with Gasteiger partial charge in [0.25, 0.3) is 5.56 Å². The monoisotopic (exact) mass is 449 g/mol. The first-order valence-electron chi connectivity index (χ1n) is 8.18. The summed E-state index contributed by atoms with van der Waals surface area (Å²) in [4.78, 5) is 17.2. The van der Waals surface area contributed by atoms with Crippen LogP contribution in [0.4, 0.5) is 0 Å². The summed E-state index contributed by atoms with van der Waals surface area (Å²) >= 11 is 9.63. The molecule has 0 fully saturated rings. The van der Waals surface area contributed by atoms with Crippen molar-refractivity contribution in [2.75, 3.05) is 13.7 Å². The summed E-state index contributed by atoms with van der Waals surface area (Å²) in [6, 6.07) is 8.81. The Labute approximate surface area is 169 Å². The Morgan fingerprint density at radius 2 is 2.11 bits per heavy atom. The number of rotatable bonds is 5. The molecule has 8 heteroatoms. The molecular formula is C19H17BrClN3O3. The zero-order valence-corrected chi connectivity index (χ0v) is 17.3. The van der Waals surface area contributed by atoms with E-state index in [0.29, 0.717) is 45.4 Å². The Bertz CT molecular complexity index is 1100. The van der Waals surface area contributed by atoms with Crippen LogP contribution in [-0.2, 0) is 0 Å². The summed E-state index contributed by atoms with van der Waals surface area (Å²) in [7, 11) is 1.53. The molecule has 1 aromatic heterocycles. The van der Waals surface area contributed by atoms with Crippen LogP contribution < -0.4 is 15.0 Å². The molecule has 0 radical (unpaired) electrons. The van der Waals surface area contributed by atoms with Gasteiger partial charge in [0.05, 0.1) is 35.9 Å². The van der Waals surface area contributed by atoms with Crippen LogP contribution in [0.1, 0.15) is 18.3 Å². The van der Waals surface area contributed by atoms with Crippen LogP contribution in [0.15, 0.2) is 44.7 Å². The summed E-state index contributed by atoms with van der Waals surface area (Å²) in [5.74, 6) is 1.45. The van der Waals surface area contributed by atoms with Crippen molar-refractivity contribution < 1.29 is 9.47 Å². The Morgan fingerprint density at radius 3 is 2.81 bits per heavy atom. The minimum atomic E-state index is -0.250.